The van der Waals surface area contributed by atoms with Gasteiger partial charge in [0.25, 0.3) is 11.5 Å². The van der Waals surface area contributed by atoms with Crippen LogP contribution in [0.4, 0.5) is 0 Å². The molecule has 0 aliphatic carbocycles. The molecule has 0 bridgehead atoms. The van der Waals surface area contributed by atoms with Gasteiger partial charge in [0.05, 0.1) is 13.2 Å². The van der Waals surface area contributed by atoms with Gasteiger partial charge in [-0.05, 0) is 43.5 Å². The number of hydrogen-bond donors (Lipinski definition) is 1. The Balaban J connectivity index is 1.89. The summed E-state index contributed by atoms with van der Waals surface area (Å²) in [6.45, 7) is 2.29. The zero-order valence-electron chi connectivity index (χ0n) is 15.3. The first-order valence-electron chi connectivity index (χ1n) is 8.69. The number of amides is 1. The number of pyridine rings is 1. The van der Waals surface area contributed by atoms with Gasteiger partial charge in [-0.3, -0.25) is 9.59 Å². The number of carbonyl (C=O) groups excluding carboxylic acids is 1. The number of benzene rings is 1. The highest BCUT2D eigenvalue weighted by atomic mass is 16.5. The number of rotatable bonds is 4. The Hall–Kier alpha value is -2.60. The van der Waals surface area contributed by atoms with Crippen LogP contribution in [0.15, 0.2) is 47.4 Å². The van der Waals surface area contributed by atoms with Gasteiger partial charge >= 0.3 is 0 Å². The van der Waals surface area contributed by atoms with Crippen molar-refractivity contribution in [3.8, 4) is 5.75 Å². The van der Waals surface area contributed by atoms with E-state index in [2.05, 4.69) is 0 Å². The lowest BCUT2D eigenvalue weighted by Crippen LogP contribution is -2.48. The van der Waals surface area contributed by atoms with Gasteiger partial charge in [0.1, 0.15) is 11.4 Å². The predicted octanol–water partition coefficient (Wildman–Crippen LogP) is 1.91. The van der Waals surface area contributed by atoms with Crippen LogP contribution in [-0.2, 0) is 12.6 Å². The zero-order chi connectivity index (χ0) is 18.9. The zero-order valence-corrected chi connectivity index (χ0v) is 15.3. The molecule has 26 heavy (non-hydrogen) atoms. The molecule has 1 aromatic heterocycles. The van der Waals surface area contributed by atoms with Gasteiger partial charge in [-0.25, -0.2) is 0 Å². The fourth-order valence-corrected chi connectivity index (χ4v) is 3.56. The van der Waals surface area contributed by atoms with Crippen LogP contribution in [0.3, 0.4) is 0 Å². The highest BCUT2D eigenvalue weighted by Gasteiger charge is 2.42. The highest BCUT2D eigenvalue weighted by Crippen LogP contribution is 2.36. The van der Waals surface area contributed by atoms with Gasteiger partial charge in [0.2, 0.25) is 0 Å². The average Bonchev–Trinajstić information content (AvgIpc) is 3.14. The second-order valence-electron chi connectivity index (χ2n) is 6.90. The third kappa shape index (κ3) is 3.24. The van der Waals surface area contributed by atoms with Gasteiger partial charge in [-0.15, -0.1) is 0 Å². The first-order chi connectivity index (χ1) is 12.3. The van der Waals surface area contributed by atoms with E-state index in [1.54, 1.807) is 50.4 Å². The van der Waals surface area contributed by atoms with Crippen LogP contribution < -0.4 is 10.3 Å². The van der Waals surface area contributed by atoms with Crippen LogP contribution in [0.25, 0.3) is 0 Å². The minimum Gasteiger partial charge on any atom is -0.497 e. The Morgan fingerprint density at radius 3 is 2.58 bits per heavy atom. The topological polar surface area (TPSA) is 71.8 Å². The predicted molar refractivity (Wildman–Crippen MR) is 98.3 cm³/mol. The monoisotopic (exact) mass is 356 g/mol. The van der Waals surface area contributed by atoms with Crippen molar-refractivity contribution in [3.63, 3.8) is 0 Å². The normalized spacial score (nSPS) is 19.2. The summed E-state index contributed by atoms with van der Waals surface area (Å²) in [5.41, 5.74) is -0.343. The van der Waals surface area contributed by atoms with Crippen molar-refractivity contribution < 1.29 is 14.6 Å². The van der Waals surface area contributed by atoms with Crippen LogP contribution in [-0.4, -0.2) is 40.2 Å². The van der Waals surface area contributed by atoms with Gasteiger partial charge in [0.15, 0.2) is 0 Å². The Morgan fingerprint density at radius 2 is 1.96 bits per heavy atom. The van der Waals surface area contributed by atoms with Gasteiger partial charge in [-0.2, -0.15) is 0 Å². The summed E-state index contributed by atoms with van der Waals surface area (Å²) >= 11 is 0. The van der Waals surface area contributed by atoms with Crippen molar-refractivity contribution in [2.45, 2.75) is 31.4 Å². The molecule has 1 amide bonds. The minimum atomic E-state index is -1.20. The van der Waals surface area contributed by atoms with Crippen molar-refractivity contribution in [2.24, 2.45) is 7.05 Å². The van der Waals surface area contributed by atoms with E-state index in [1.165, 1.54) is 10.6 Å². The Labute approximate surface area is 152 Å². The Bertz CT molecular complexity index is 855. The molecule has 0 radical (unpaired) electrons. The molecule has 3 rings (SSSR count). The molecular weight excluding hydrogens is 332 g/mol. The van der Waals surface area contributed by atoms with E-state index in [0.29, 0.717) is 24.3 Å². The number of aryl methyl sites for hydroxylation is 1. The fraction of sp³-hybridized carbons (Fsp3) is 0.400. The van der Waals surface area contributed by atoms with Crippen molar-refractivity contribution >= 4 is 5.91 Å². The molecule has 2 atom stereocenters. The summed E-state index contributed by atoms with van der Waals surface area (Å²) in [6.07, 6.45) is 3.10. The summed E-state index contributed by atoms with van der Waals surface area (Å²) in [4.78, 5) is 26.5. The van der Waals surface area contributed by atoms with Crippen LogP contribution in [0.5, 0.6) is 5.75 Å². The Morgan fingerprint density at radius 1 is 1.27 bits per heavy atom. The van der Waals surface area contributed by atoms with E-state index in [9.17, 15) is 14.7 Å². The highest BCUT2D eigenvalue weighted by molar-refractivity contribution is 5.94. The second kappa shape index (κ2) is 6.96. The van der Waals surface area contributed by atoms with Crippen LogP contribution in [0, 0.1) is 0 Å². The van der Waals surface area contributed by atoms with Crippen molar-refractivity contribution in [1.82, 2.24) is 9.47 Å². The van der Waals surface area contributed by atoms with E-state index in [0.717, 1.165) is 12.0 Å². The molecule has 1 aromatic carbocycles. The van der Waals surface area contributed by atoms with Crippen LogP contribution in [0.2, 0.25) is 0 Å². The second-order valence-corrected chi connectivity index (χ2v) is 6.90. The summed E-state index contributed by atoms with van der Waals surface area (Å²) in [6, 6.07) is 9.86. The number of nitrogens with zero attached hydrogens (tertiary/aromatic N) is 2. The quantitative estimate of drug-likeness (QED) is 0.908. The lowest BCUT2D eigenvalue weighted by atomic mass is 9.86. The van der Waals surface area contributed by atoms with Crippen LogP contribution in [0.1, 0.15) is 35.7 Å². The number of hydrogen-bond acceptors (Lipinski definition) is 4. The molecular formula is C20H24N2O4. The molecule has 138 valence electrons. The molecule has 6 nitrogen and oxygen atoms in total. The number of ether oxygens (including phenoxy) is 1. The largest absolute Gasteiger partial charge is 0.497 e. The maximum absolute atomic E-state index is 12.9. The molecule has 2 aromatic rings. The van der Waals surface area contributed by atoms with Gasteiger partial charge in [-0.1, -0.05) is 12.1 Å². The van der Waals surface area contributed by atoms with E-state index >= 15 is 0 Å². The van der Waals surface area contributed by atoms with Gasteiger partial charge in [0, 0.05) is 31.4 Å². The van der Waals surface area contributed by atoms with Crippen molar-refractivity contribution in [2.75, 3.05) is 13.7 Å². The molecule has 1 saturated heterocycles. The van der Waals surface area contributed by atoms with E-state index < -0.39 is 5.60 Å². The molecule has 1 N–H and O–H groups in total. The lowest BCUT2D eigenvalue weighted by Gasteiger charge is -2.37. The first-order valence-corrected chi connectivity index (χ1v) is 8.69. The molecule has 0 saturated carbocycles. The lowest BCUT2D eigenvalue weighted by molar-refractivity contribution is -0.0177. The van der Waals surface area contributed by atoms with Crippen molar-refractivity contribution in [1.29, 1.82) is 0 Å². The molecule has 1 aliphatic heterocycles. The number of carbonyl (C=O) groups is 1. The summed E-state index contributed by atoms with van der Waals surface area (Å²) in [7, 11) is 3.23. The SMILES string of the molecule is COc1ccc(C(C)(O)C2CCCN2C(=O)c2ccn(C)c(=O)c2)cc1. The smallest absolute Gasteiger partial charge is 0.254 e. The average molecular weight is 356 g/mol. The van der Waals surface area contributed by atoms with Crippen molar-refractivity contribution in [3.05, 3.63) is 64.1 Å². The summed E-state index contributed by atoms with van der Waals surface area (Å²) in [5, 5.41) is 11.2. The number of methoxy groups -OCH3 is 1. The molecule has 6 heteroatoms. The van der Waals surface area contributed by atoms with Crippen LogP contribution >= 0.6 is 0 Å². The maximum atomic E-state index is 12.9. The molecule has 2 unspecified atom stereocenters. The third-order valence-corrected chi connectivity index (χ3v) is 5.19. The Kier molecular flexibility index (Phi) is 4.87. The number of aromatic nitrogens is 1. The molecule has 1 fully saturated rings. The minimum absolute atomic E-state index is 0.223. The molecule has 2 heterocycles. The fourth-order valence-electron chi connectivity index (χ4n) is 3.56. The van der Waals surface area contributed by atoms with E-state index in [4.69, 9.17) is 4.74 Å². The van der Waals surface area contributed by atoms with E-state index in [-0.39, 0.29) is 17.5 Å². The third-order valence-electron chi connectivity index (χ3n) is 5.19. The number of aliphatic hydroxyl groups is 1. The number of likely N-dealkylation sites (tertiary alicyclic amines) is 1. The van der Waals surface area contributed by atoms with E-state index in [1.807, 2.05) is 12.1 Å². The first kappa shape index (κ1) is 18.2. The molecule has 0 spiro atoms. The summed E-state index contributed by atoms with van der Waals surface area (Å²) in [5.74, 6) is 0.489. The summed E-state index contributed by atoms with van der Waals surface area (Å²) < 4.78 is 6.59. The van der Waals surface area contributed by atoms with Gasteiger partial charge < -0.3 is 19.3 Å². The molecule has 1 aliphatic rings. The maximum Gasteiger partial charge on any atom is 0.254 e. The standard InChI is InChI=1S/C20H24N2O4/c1-20(25,15-6-8-16(26-3)9-7-15)17-5-4-11-22(17)19(24)14-10-12-21(2)18(23)13-14/h6-10,12-13,17,25H,4-5,11H2,1-3H3.